The minimum atomic E-state index is -0.159. The highest BCUT2D eigenvalue weighted by Crippen LogP contribution is 2.29. The van der Waals surface area contributed by atoms with Gasteiger partial charge in [-0.15, -0.1) is 0 Å². The fraction of sp³-hybridized carbons (Fsp3) is 0.600. The molecule has 0 bridgehead atoms. The maximum Gasteiger partial charge on any atom is 0.123 e. The van der Waals surface area contributed by atoms with Crippen LogP contribution in [0.1, 0.15) is 38.7 Å². The molecule has 3 atom stereocenters. The molecule has 0 amide bonds. The van der Waals surface area contributed by atoms with Crippen molar-refractivity contribution in [2.24, 2.45) is 11.8 Å². The van der Waals surface area contributed by atoms with E-state index in [1.165, 1.54) is 31.4 Å². The third kappa shape index (κ3) is 3.29. The first kappa shape index (κ1) is 12.6. The number of hydrogen-bond donors (Lipinski definition) is 1. The number of halogens is 1. The van der Waals surface area contributed by atoms with Crippen molar-refractivity contribution in [3.63, 3.8) is 0 Å². The van der Waals surface area contributed by atoms with Crippen molar-refractivity contribution < 1.29 is 4.39 Å². The minimum Gasteiger partial charge on any atom is -0.310 e. The zero-order valence-corrected chi connectivity index (χ0v) is 10.7. The quantitative estimate of drug-likeness (QED) is 0.841. The maximum atomic E-state index is 12.8. The number of benzene rings is 1. The van der Waals surface area contributed by atoms with Crippen molar-refractivity contribution in [1.29, 1.82) is 0 Å². The van der Waals surface area contributed by atoms with Crippen LogP contribution in [-0.4, -0.2) is 6.04 Å². The van der Waals surface area contributed by atoms with E-state index in [4.69, 9.17) is 0 Å². The van der Waals surface area contributed by atoms with Crippen LogP contribution >= 0.6 is 0 Å². The van der Waals surface area contributed by atoms with Gasteiger partial charge in [-0.1, -0.05) is 38.8 Å². The summed E-state index contributed by atoms with van der Waals surface area (Å²) in [7, 11) is 0. The predicted molar refractivity (Wildman–Crippen MR) is 69.2 cm³/mol. The second kappa shape index (κ2) is 5.63. The van der Waals surface area contributed by atoms with Gasteiger partial charge in [0.2, 0.25) is 0 Å². The van der Waals surface area contributed by atoms with Gasteiger partial charge in [0.25, 0.3) is 0 Å². The molecular weight excluding hydrogens is 213 g/mol. The summed E-state index contributed by atoms with van der Waals surface area (Å²) in [5.74, 6) is 1.40. The number of hydrogen-bond acceptors (Lipinski definition) is 1. The van der Waals surface area contributed by atoms with Crippen LogP contribution in [0.2, 0.25) is 0 Å². The highest BCUT2D eigenvalue weighted by molar-refractivity contribution is 5.15. The van der Waals surface area contributed by atoms with Crippen molar-refractivity contribution >= 4 is 0 Å². The predicted octanol–water partition coefficient (Wildman–Crippen LogP) is 3.74. The number of nitrogens with one attached hydrogen (secondary N) is 1. The molecule has 1 aliphatic rings. The molecule has 17 heavy (non-hydrogen) atoms. The Labute approximate surface area is 103 Å². The molecule has 94 valence electrons. The molecule has 1 aromatic rings. The first-order valence-electron chi connectivity index (χ1n) is 6.64. The summed E-state index contributed by atoms with van der Waals surface area (Å²) in [6.45, 7) is 5.53. The lowest BCUT2D eigenvalue weighted by Crippen LogP contribution is -2.40. The highest BCUT2D eigenvalue weighted by Gasteiger charge is 2.26. The van der Waals surface area contributed by atoms with Crippen LogP contribution in [0, 0.1) is 17.7 Å². The average molecular weight is 235 g/mol. The SMILES string of the molecule is CC1CCCC(NCc2ccc(F)cc2)C1C. The molecule has 0 saturated heterocycles. The molecular formula is C15H22FN. The molecule has 1 aromatic carbocycles. The van der Waals surface area contributed by atoms with E-state index in [-0.39, 0.29) is 5.82 Å². The van der Waals surface area contributed by atoms with Crippen molar-refractivity contribution in [1.82, 2.24) is 5.32 Å². The van der Waals surface area contributed by atoms with Crippen LogP contribution in [-0.2, 0) is 6.54 Å². The molecule has 0 spiro atoms. The monoisotopic (exact) mass is 235 g/mol. The van der Waals surface area contributed by atoms with Crippen LogP contribution < -0.4 is 5.32 Å². The van der Waals surface area contributed by atoms with E-state index in [1.807, 2.05) is 12.1 Å². The average Bonchev–Trinajstić information content (AvgIpc) is 2.33. The summed E-state index contributed by atoms with van der Waals surface area (Å²) < 4.78 is 12.8. The van der Waals surface area contributed by atoms with Crippen molar-refractivity contribution in [2.45, 2.75) is 45.7 Å². The maximum absolute atomic E-state index is 12.8. The molecule has 2 heteroatoms. The Morgan fingerprint density at radius 3 is 2.59 bits per heavy atom. The van der Waals surface area contributed by atoms with E-state index >= 15 is 0 Å². The Bertz CT molecular complexity index is 346. The summed E-state index contributed by atoms with van der Waals surface area (Å²) in [5.41, 5.74) is 1.16. The van der Waals surface area contributed by atoms with Gasteiger partial charge < -0.3 is 5.32 Å². The Balaban J connectivity index is 1.87. The molecule has 0 aromatic heterocycles. The number of rotatable bonds is 3. The fourth-order valence-electron chi connectivity index (χ4n) is 2.72. The Morgan fingerprint density at radius 1 is 1.18 bits per heavy atom. The molecule has 0 aliphatic heterocycles. The van der Waals surface area contributed by atoms with E-state index in [1.54, 1.807) is 0 Å². The molecule has 1 nitrogen and oxygen atoms in total. The van der Waals surface area contributed by atoms with Crippen molar-refractivity contribution in [3.05, 3.63) is 35.6 Å². The highest BCUT2D eigenvalue weighted by atomic mass is 19.1. The first-order valence-corrected chi connectivity index (χ1v) is 6.64. The lowest BCUT2D eigenvalue weighted by Gasteiger charge is -2.34. The molecule has 1 fully saturated rings. The molecule has 0 heterocycles. The molecule has 0 radical (unpaired) electrons. The molecule has 2 rings (SSSR count). The molecule has 3 unspecified atom stereocenters. The Hall–Kier alpha value is -0.890. The van der Waals surface area contributed by atoms with Gasteiger partial charge in [-0.2, -0.15) is 0 Å². The van der Waals surface area contributed by atoms with Gasteiger partial charge in [0, 0.05) is 12.6 Å². The van der Waals surface area contributed by atoms with E-state index in [2.05, 4.69) is 19.2 Å². The normalized spacial score (nSPS) is 29.2. The van der Waals surface area contributed by atoms with E-state index in [0.717, 1.165) is 23.9 Å². The van der Waals surface area contributed by atoms with Gasteiger partial charge in [0.05, 0.1) is 0 Å². The fourth-order valence-corrected chi connectivity index (χ4v) is 2.72. The zero-order chi connectivity index (χ0) is 12.3. The van der Waals surface area contributed by atoms with Gasteiger partial charge in [-0.05, 0) is 36.0 Å². The molecule has 1 saturated carbocycles. The third-order valence-corrected chi connectivity index (χ3v) is 4.19. The van der Waals surface area contributed by atoms with E-state index in [0.29, 0.717) is 6.04 Å². The summed E-state index contributed by atoms with van der Waals surface area (Å²) >= 11 is 0. The second-order valence-electron chi connectivity index (χ2n) is 5.38. The Morgan fingerprint density at radius 2 is 1.88 bits per heavy atom. The summed E-state index contributed by atoms with van der Waals surface area (Å²) in [4.78, 5) is 0. The summed E-state index contributed by atoms with van der Waals surface area (Å²) in [6, 6.07) is 7.40. The van der Waals surface area contributed by atoms with E-state index < -0.39 is 0 Å². The minimum absolute atomic E-state index is 0.159. The largest absolute Gasteiger partial charge is 0.310 e. The van der Waals surface area contributed by atoms with Crippen molar-refractivity contribution in [2.75, 3.05) is 0 Å². The standard InChI is InChI=1S/C15H22FN/c1-11-4-3-5-15(12(11)2)17-10-13-6-8-14(16)9-7-13/h6-9,11-12,15,17H,3-5,10H2,1-2H3. The van der Waals surface area contributed by atoms with Crippen molar-refractivity contribution in [3.8, 4) is 0 Å². The molecule has 1 N–H and O–H groups in total. The summed E-state index contributed by atoms with van der Waals surface area (Å²) in [5, 5.41) is 3.62. The lowest BCUT2D eigenvalue weighted by molar-refractivity contribution is 0.206. The van der Waals surface area contributed by atoms with Gasteiger partial charge in [0.1, 0.15) is 5.82 Å². The van der Waals surface area contributed by atoms with Crippen LogP contribution in [0.15, 0.2) is 24.3 Å². The van der Waals surface area contributed by atoms with Gasteiger partial charge in [-0.3, -0.25) is 0 Å². The lowest BCUT2D eigenvalue weighted by atomic mass is 9.78. The Kier molecular flexibility index (Phi) is 4.16. The third-order valence-electron chi connectivity index (χ3n) is 4.19. The first-order chi connectivity index (χ1) is 8.16. The van der Waals surface area contributed by atoms with Gasteiger partial charge in [0.15, 0.2) is 0 Å². The van der Waals surface area contributed by atoms with E-state index in [9.17, 15) is 4.39 Å². The van der Waals surface area contributed by atoms with Gasteiger partial charge >= 0.3 is 0 Å². The zero-order valence-electron chi connectivity index (χ0n) is 10.7. The van der Waals surface area contributed by atoms with Crippen LogP contribution in [0.4, 0.5) is 4.39 Å². The van der Waals surface area contributed by atoms with Crippen LogP contribution in [0.5, 0.6) is 0 Å². The van der Waals surface area contributed by atoms with Gasteiger partial charge in [-0.25, -0.2) is 4.39 Å². The van der Waals surface area contributed by atoms with Crippen LogP contribution in [0.3, 0.4) is 0 Å². The molecule has 1 aliphatic carbocycles. The second-order valence-corrected chi connectivity index (χ2v) is 5.38. The smallest absolute Gasteiger partial charge is 0.123 e. The summed E-state index contributed by atoms with van der Waals surface area (Å²) in [6.07, 6.45) is 3.95. The van der Waals surface area contributed by atoms with Crippen LogP contribution in [0.25, 0.3) is 0 Å². The topological polar surface area (TPSA) is 12.0 Å².